The van der Waals surface area contributed by atoms with Crippen LogP contribution in [0.5, 0.6) is 0 Å². The molecule has 1 aromatic heterocycles. The number of benzene rings is 2. The SMILES string of the molecule is O=S(=O)(c1ccccc1)N1N=C(c2ccco2)C[C@@H]1c1ccccc1F. The van der Waals surface area contributed by atoms with Crippen LogP contribution >= 0.6 is 0 Å². The molecule has 0 radical (unpaired) electrons. The smallest absolute Gasteiger partial charge is 0.279 e. The molecular formula is C19H15FN2O3S. The van der Waals surface area contributed by atoms with Crippen LogP contribution in [0.2, 0.25) is 0 Å². The Hall–Kier alpha value is -2.93. The number of nitrogens with zero attached hydrogens (tertiary/aromatic N) is 2. The number of hydrogen-bond acceptors (Lipinski definition) is 4. The van der Waals surface area contributed by atoms with E-state index < -0.39 is 21.9 Å². The highest BCUT2D eigenvalue weighted by Crippen LogP contribution is 2.38. The van der Waals surface area contributed by atoms with Crippen LogP contribution in [0.3, 0.4) is 0 Å². The van der Waals surface area contributed by atoms with Gasteiger partial charge in [-0.3, -0.25) is 0 Å². The van der Waals surface area contributed by atoms with Crippen LogP contribution in [-0.2, 0) is 10.0 Å². The molecule has 0 N–H and O–H groups in total. The summed E-state index contributed by atoms with van der Waals surface area (Å²) in [6.07, 6.45) is 1.71. The average Bonchev–Trinajstić information content (AvgIpc) is 3.33. The zero-order valence-corrected chi connectivity index (χ0v) is 14.4. The highest BCUT2D eigenvalue weighted by Gasteiger charge is 2.39. The van der Waals surface area contributed by atoms with Crippen molar-refractivity contribution in [3.8, 4) is 0 Å². The Bertz CT molecular complexity index is 1050. The van der Waals surface area contributed by atoms with E-state index in [1.165, 1.54) is 24.5 Å². The summed E-state index contributed by atoms with van der Waals surface area (Å²) in [5.74, 6) is -0.00115. The number of sulfonamides is 1. The maximum Gasteiger partial charge on any atom is 0.279 e. The van der Waals surface area contributed by atoms with Crippen molar-refractivity contribution in [2.75, 3.05) is 0 Å². The Kier molecular flexibility index (Phi) is 4.08. The summed E-state index contributed by atoms with van der Waals surface area (Å²) in [5, 5.41) is 4.28. The van der Waals surface area contributed by atoms with Crippen molar-refractivity contribution in [3.63, 3.8) is 0 Å². The fourth-order valence-corrected chi connectivity index (χ4v) is 4.43. The van der Waals surface area contributed by atoms with E-state index in [1.807, 2.05) is 0 Å². The second-order valence-corrected chi connectivity index (χ2v) is 7.65. The molecule has 0 aliphatic carbocycles. The molecule has 2 aromatic carbocycles. The van der Waals surface area contributed by atoms with Crippen molar-refractivity contribution in [2.24, 2.45) is 5.10 Å². The molecule has 0 unspecified atom stereocenters. The summed E-state index contributed by atoms with van der Waals surface area (Å²) >= 11 is 0. The zero-order chi connectivity index (χ0) is 18.1. The van der Waals surface area contributed by atoms with E-state index in [0.717, 1.165) is 4.41 Å². The van der Waals surface area contributed by atoms with Crippen LogP contribution in [0.1, 0.15) is 23.8 Å². The third-order valence-corrected chi connectivity index (χ3v) is 5.93. The van der Waals surface area contributed by atoms with Crippen LogP contribution in [-0.4, -0.2) is 18.5 Å². The molecule has 3 aromatic rings. The Morgan fingerprint density at radius 1 is 1.00 bits per heavy atom. The van der Waals surface area contributed by atoms with Gasteiger partial charge in [-0.05, 0) is 30.3 Å². The monoisotopic (exact) mass is 370 g/mol. The van der Waals surface area contributed by atoms with Gasteiger partial charge in [0.1, 0.15) is 17.3 Å². The fourth-order valence-electron chi connectivity index (χ4n) is 2.98. The van der Waals surface area contributed by atoms with E-state index in [1.54, 1.807) is 48.5 Å². The molecule has 0 fully saturated rings. The topological polar surface area (TPSA) is 62.9 Å². The highest BCUT2D eigenvalue weighted by molar-refractivity contribution is 7.89. The van der Waals surface area contributed by atoms with Gasteiger partial charge in [0.15, 0.2) is 0 Å². The molecule has 0 bridgehead atoms. The molecule has 7 heteroatoms. The Labute approximate surface area is 150 Å². The summed E-state index contributed by atoms with van der Waals surface area (Å²) in [4.78, 5) is 0.103. The van der Waals surface area contributed by atoms with E-state index in [2.05, 4.69) is 5.10 Å². The molecule has 0 saturated heterocycles. The highest BCUT2D eigenvalue weighted by atomic mass is 32.2. The van der Waals surface area contributed by atoms with Gasteiger partial charge in [0.05, 0.1) is 17.2 Å². The average molecular weight is 370 g/mol. The summed E-state index contributed by atoms with van der Waals surface area (Å²) < 4.78 is 46.9. The molecule has 2 heterocycles. The lowest BCUT2D eigenvalue weighted by atomic mass is 10.0. The lowest BCUT2D eigenvalue weighted by Gasteiger charge is -2.23. The molecule has 0 spiro atoms. The minimum Gasteiger partial charge on any atom is -0.463 e. The first-order chi connectivity index (χ1) is 12.6. The first-order valence-corrected chi connectivity index (χ1v) is 9.46. The van der Waals surface area contributed by atoms with Crippen molar-refractivity contribution >= 4 is 15.7 Å². The second-order valence-electron chi connectivity index (χ2n) is 5.86. The standard InChI is InChI=1S/C19H15FN2O3S/c20-16-10-5-4-9-15(16)18-13-17(19-11-6-12-25-19)21-22(18)26(23,24)14-7-2-1-3-8-14/h1-12,18H,13H2/t18-/m1/s1. The zero-order valence-electron chi connectivity index (χ0n) is 13.6. The van der Waals surface area contributed by atoms with Crippen LogP contribution in [0.25, 0.3) is 0 Å². The summed E-state index contributed by atoms with van der Waals surface area (Å²) in [6, 6.07) is 16.8. The van der Waals surface area contributed by atoms with E-state index in [0.29, 0.717) is 11.5 Å². The molecule has 1 aliphatic heterocycles. The molecule has 1 atom stereocenters. The first-order valence-electron chi connectivity index (χ1n) is 8.02. The largest absolute Gasteiger partial charge is 0.463 e. The number of halogens is 1. The first kappa shape index (κ1) is 16.5. The quantitative estimate of drug-likeness (QED) is 0.698. The molecule has 0 saturated carbocycles. The molecule has 132 valence electrons. The van der Waals surface area contributed by atoms with E-state index in [-0.39, 0.29) is 16.9 Å². The molecule has 0 amide bonds. The predicted molar refractivity (Wildman–Crippen MR) is 94.5 cm³/mol. The number of furan rings is 1. The van der Waals surface area contributed by atoms with E-state index >= 15 is 0 Å². The number of rotatable bonds is 4. The molecule has 1 aliphatic rings. The Morgan fingerprint density at radius 3 is 2.42 bits per heavy atom. The number of hydrazone groups is 1. The van der Waals surface area contributed by atoms with E-state index in [4.69, 9.17) is 4.42 Å². The predicted octanol–water partition coefficient (Wildman–Crippen LogP) is 3.96. The molecule has 4 rings (SSSR count). The lowest BCUT2D eigenvalue weighted by Crippen LogP contribution is -2.27. The van der Waals surface area contributed by atoms with Gasteiger partial charge < -0.3 is 4.42 Å². The second kappa shape index (κ2) is 6.42. The van der Waals surface area contributed by atoms with Crippen molar-refractivity contribution in [1.82, 2.24) is 4.41 Å². The number of hydrogen-bond donors (Lipinski definition) is 0. The third kappa shape index (κ3) is 2.80. The third-order valence-electron chi connectivity index (χ3n) is 4.23. The maximum absolute atomic E-state index is 14.4. The van der Waals surface area contributed by atoms with Gasteiger partial charge in [-0.15, -0.1) is 0 Å². The lowest BCUT2D eigenvalue weighted by molar-refractivity contribution is 0.362. The van der Waals surface area contributed by atoms with Gasteiger partial charge >= 0.3 is 0 Å². The van der Waals surface area contributed by atoms with E-state index in [9.17, 15) is 12.8 Å². The van der Waals surface area contributed by atoms with Gasteiger partial charge in [-0.25, -0.2) is 4.39 Å². The summed E-state index contributed by atoms with van der Waals surface area (Å²) in [6.45, 7) is 0. The van der Waals surface area contributed by atoms with Gasteiger partial charge in [0.25, 0.3) is 10.0 Å². The summed E-state index contributed by atoms with van der Waals surface area (Å²) in [7, 11) is -3.94. The Balaban J connectivity index is 1.83. The van der Waals surface area contributed by atoms with Crippen LogP contribution in [0, 0.1) is 5.82 Å². The van der Waals surface area contributed by atoms with Crippen molar-refractivity contribution < 1.29 is 17.2 Å². The molecule has 5 nitrogen and oxygen atoms in total. The van der Waals surface area contributed by atoms with Crippen LogP contribution < -0.4 is 0 Å². The maximum atomic E-state index is 14.4. The minimum atomic E-state index is -3.94. The van der Waals surface area contributed by atoms with Crippen LogP contribution in [0.15, 0.2) is 87.4 Å². The van der Waals surface area contributed by atoms with Crippen molar-refractivity contribution in [3.05, 3.63) is 90.1 Å². The normalized spacial score (nSPS) is 17.3. The fraction of sp³-hybridized carbons (Fsp3) is 0.105. The molecular weight excluding hydrogens is 355 g/mol. The van der Waals surface area contributed by atoms with Crippen molar-refractivity contribution in [1.29, 1.82) is 0 Å². The van der Waals surface area contributed by atoms with Crippen LogP contribution in [0.4, 0.5) is 4.39 Å². The molecule has 26 heavy (non-hydrogen) atoms. The van der Waals surface area contributed by atoms with Gasteiger partial charge in [-0.1, -0.05) is 36.4 Å². The summed E-state index contributed by atoms with van der Waals surface area (Å²) in [5.41, 5.74) is 0.736. The van der Waals surface area contributed by atoms with Gasteiger partial charge in [0, 0.05) is 12.0 Å². The van der Waals surface area contributed by atoms with Gasteiger partial charge in [0.2, 0.25) is 0 Å². The van der Waals surface area contributed by atoms with Gasteiger partial charge in [-0.2, -0.15) is 17.9 Å². The Morgan fingerprint density at radius 2 is 1.73 bits per heavy atom. The van der Waals surface area contributed by atoms with Crippen molar-refractivity contribution in [2.45, 2.75) is 17.4 Å². The minimum absolute atomic E-state index is 0.103.